The molecule has 0 saturated carbocycles. The number of nitrogens with one attached hydrogen (secondary N) is 1. The Kier molecular flexibility index (Phi) is 69.5. The molecule has 1 N–H and O–H groups in total. The van der Waals surface area contributed by atoms with Crippen LogP contribution < -0.4 is 5.32 Å². The van der Waals surface area contributed by atoms with Gasteiger partial charge in [0.2, 0.25) is 0 Å². The monoisotopic (exact) mass is 1630 g/mol. The van der Waals surface area contributed by atoms with Crippen molar-refractivity contribution < 1.29 is 18.3 Å². The lowest BCUT2D eigenvalue weighted by molar-refractivity contribution is -0.0567. The van der Waals surface area contributed by atoms with Crippen molar-refractivity contribution >= 4 is 0 Å². The Labute approximate surface area is 714 Å². The molecule has 114 heavy (non-hydrogen) atoms. The van der Waals surface area contributed by atoms with Crippen LogP contribution >= 0.6 is 0 Å². The number of piperazine rings is 1. The van der Waals surface area contributed by atoms with Gasteiger partial charge in [-0.3, -0.25) is 4.90 Å². The van der Waals surface area contributed by atoms with Crippen LogP contribution in [0.3, 0.4) is 0 Å². The first-order chi connectivity index (χ1) is 52.8. The van der Waals surface area contributed by atoms with Crippen molar-refractivity contribution in [2.75, 3.05) is 224 Å². The first-order valence-electron chi connectivity index (χ1n) is 47.8. The molecule has 0 spiro atoms. The van der Waals surface area contributed by atoms with Gasteiger partial charge in [0.05, 0.1) is 24.9 Å². The molecule has 11 aliphatic rings. The molecule has 0 aromatic heterocycles. The van der Waals surface area contributed by atoms with Gasteiger partial charge in [-0.15, -0.1) is 0 Å². The van der Waals surface area contributed by atoms with Gasteiger partial charge in [-0.1, -0.05) is 125 Å². The van der Waals surface area contributed by atoms with E-state index in [9.17, 15) is 8.78 Å². The molecule has 11 rings (SSSR count). The number of piperidine rings is 6. The average molecular weight is 1630 g/mol. The van der Waals surface area contributed by atoms with E-state index in [-0.39, 0.29) is 27.7 Å². The Balaban J connectivity index is 0. The number of ether oxygens (including phenoxy) is 2. The minimum Gasteiger partial charge on any atom is -0.377 e. The predicted octanol–water partition coefficient (Wildman–Crippen LogP) is 19.8. The van der Waals surface area contributed by atoms with Gasteiger partial charge < -0.3 is 68.7 Å². The SMILES string of the molecule is C.C.CC(C)CN1CC(C)C1.CC(C)CN1CCC(C)CC1.CC(C)CN1CCC(F)(F)CC1.CC(C)CN1CCCC1.CC(C)CN1CCCCC1.CC(C)N1CCCC1.CC(C)N1CCN(C)CC1.CC(C)NC1CCN(C)CC1.CC(C)OC1CCN(C)CC1.CC(C)OCCN1CCCC1.CC1CCN(C(C)C)CC1. The quantitative estimate of drug-likeness (QED) is 0.119. The fourth-order valence-corrected chi connectivity index (χ4v) is 16.7. The summed E-state index contributed by atoms with van der Waals surface area (Å²) in [6.45, 7) is 93.8. The van der Waals surface area contributed by atoms with Crippen LogP contribution in [-0.2, 0) is 9.47 Å². The van der Waals surface area contributed by atoms with Gasteiger partial charge in [-0.2, -0.15) is 0 Å². The highest BCUT2D eigenvalue weighted by Gasteiger charge is 2.34. The number of nitrogens with zero attached hydrogens (tertiary/aromatic N) is 12. The lowest BCUT2D eigenvalue weighted by atomic mass is 9.98. The van der Waals surface area contributed by atoms with E-state index in [0.29, 0.717) is 43.4 Å². The number of likely N-dealkylation sites (tertiary alicyclic amines) is 10. The van der Waals surface area contributed by atoms with Crippen molar-refractivity contribution in [3.05, 3.63) is 0 Å². The second-order valence-corrected chi connectivity index (χ2v) is 40.4. The van der Waals surface area contributed by atoms with Crippen LogP contribution in [0.4, 0.5) is 8.78 Å². The molecule has 0 radical (unpaired) electrons. The van der Waals surface area contributed by atoms with Crippen LogP contribution in [0.2, 0.25) is 0 Å². The molecule has 17 heteroatoms. The van der Waals surface area contributed by atoms with E-state index >= 15 is 0 Å². The largest absolute Gasteiger partial charge is 0.377 e. The Hall–Kier alpha value is -0.740. The zero-order chi connectivity index (χ0) is 84.1. The standard InChI is InChI=1S/C10H21N.C9H17F2N.C9H20N2.2C9H19NO.2C9H19N.C8H18N2.2C8H17N.C7H15N.2CH4/c1-9(2)8-11-6-4-10(3)5-7-11;1-8(2)7-12-5-3-9(10,11)4-6-12;1-8(2)10-9-4-6-11(3)7-5-9;1-8(2)11-9-4-6-10(3)7-5-9;1-9(2)11-8-7-10-5-3-4-6-10;1-8(2)10-6-4-9(3)5-7-10;1-9(2)8-10-6-4-3-5-7-10;1-8(2)10-6-4-9(3)5-7-10;1-7(2)4-9-5-8(3)6-9;1-8(2)7-9-5-3-4-6-9;1-7(2)8-5-3-4-6-8;;/h9-10H,4-8H2,1-3H3;8H,3-7H2,1-2H3;8-10H,4-7H2,1-3H3;8-9H,4-7H2,1-3H3;9H,3-8H2,1-2H3;8-9H,4-7H2,1-3H3;9H,3-8H2,1-2H3;8H,4-7H2,1-3H3;7-8H,4-6H2,1-3H3;8H,3-7H2,1-2H3;7H,3-6H2,1-2H3;2*1H4. The molecule has 0 aromatic rings. The summed E-state index contributed by atoms with van der Waals surface area (Å²) in [5.74, 6) is 4.46. The normalized spacial score (nSPS) is 22.4. The van der Waals surface area contributed by atoms with Gasteiger partial charge in [-0.05, 0) is 332 Å². The van der Waals surface area contributed by atoms with E-state index in [0.717, 1.165) is 85.3 Å². The molecule has 0 unspecified atom stereocenters. The molecule has 15 nitrogen and oxygen atoms in total. The van der Waals surface area contributed by atoms with Crippen LogP contribution in [-0.4, -0.2) is 337 Å². The first kappa shape index (κ1) is 115. The number of likely N-dealkylation sites (N-methyl/N-ethyl adjacent to an activating group) is 1. The summed E-state index contributed by atoms with van der Waals surface area (Å²) in [4.78, 5) is 29.7. The van der Waals surface area contributed by atoms with Gasteiger partial charge in [0, 0.05) is 148 Å². The predicted molar refractivity (Wildman–Crippen MR) is 502 cm³/mol. The van der Waals surface area contributed by atoms with Crippen molar-refractivity contribution in [2.45, 2.75) is 364 Å². The summed E-state index contributed by atoms with van der Waals surface area (Å²) in [6, 6.07) is 3.67. The third-order valence-electron chi connectivity index (χ3n) is 23.5. The molecule has 11 fully saturated rings. The summed E-state index contributed by atoms with van der Waals surface area (Å²) in [5, 5.41) is 3.58. The van der Waals surface area contributed by atoms with Gasteiger partial charge >= 0.3 is 0 Å². The highest BCUT2D eigenvalue weighted by atomic mass is 19.3. The van der Waals surface area contributed by atoms with Crippen LogP contribution in [0.15, 0.2) is 0 Å². The maximum absolute atomic E-state index is 12.7. The molecule has 0 amide bonds. The third kappa shape index (κ3) is 65.0. The number of halogens is 2. The van der Waals surface area contributed by atoms with Gasteiger partial charge in [0.25, 0.3) is 5.92 Å². The number of hydrogen-bond acceptors (Lipinski definition) is 15. The molecule has 0 aromatic carbocycles. The topological polar surface area (TPSA) is 69.4 Å². The van der Waals surface area contributed by atoms with E-state index in [1.165, 1.54) is 279 Å². The zero-order valence-corrected chi connectivity index (χ0v) is 80.5. The Bertz CT molecular complexity index is 1940. The van der Waals surface area contributed by atoms with Crippen molar-refractivity contribution in [3.8, 4) is 0 Å². The summed E-state index contributed by atoms with van der Waals surface area (Å²) in [7, 11) is 6.56. The zero-order valence-electron chi connectivity index (χ0n) is 80.5. The molecular weight excluding hydrogens is 1420 g/mol. The molecule has 11 heterocycles. The summed E-state index contributed by atoms with van der Waals surface area (Å²) in [5.41, 5.74) is 0. The fraction of sp³-hybridized carbons (Fsp3) is 1.00. The van der Waals surface area contributed by atoms with E-state index < -0.39 is 5.92 Å². The molecule has 0 atom stereocenters. The maximum atomic E-state index is 12.7. The Morgan fingerprint density at radius 2 is 0.640 bits per heavy atom. The second-order valence-electron chi connectivity index (χ2n) is 40.4. The molecule has 11 saturated heterocycles. The third-order valence-corrected chi connectivity index (χ3v) is 23.5. The van der Waals surface area contributed by atoms with Crippen LogP contribution in [0, 0.1) is 47.3 Å². The van der Waals surface area contributed by atoms with E-state index in [1.807, 2.05) is 0 Å². The second kappa shape index (κ2) is 68.7. The van der Waals surface area contributed by atoms with E-state index in [1.54, 1.807) is 0 Å². The van der Waals surface area contributed by atoms with Gasteiger partial charge in [0.15, 0.2) is 0 Å². The summed E-state index contributed by atoms with van der Waals surface area (Å²) < 4.78 is 36.6. The van der Waals surface area contributed by atoms with Crippen molar-refractivity contribution in [1.29, 1.82) is 0 Å². The number of hydrogen-bond donors (Lipinski definition) is 1. The lowest BCUT2D eigenvalue weighted by Crippen LogP contribution is -2.47. The number of rotatable bonds is 21. The van der Waals surface area contributed by atoms with Gasteiger partial charge in [-0.25, -0.2) is 8.78 Å². The first-order valence-corrected chi connectivity index (χ1v) is 47.8. The minimum absolute atomic E-state index is 0. The van der Waals surface area contributed by atoms with Crippen molar-refractivity contribution in [3.63, 3.8) is 0 Å². The molecule has 0 bridgehead atoms. The Morgan fingerprint density at radius 1 is 0.325 bits per heavy atom. The Morgan fingerprint density at radius 3 is 0.991 bits per heavy atom. The highest BCUT2D eigenvalue weighted by Crippen LogP contribution is 2.28. The summed E-state index contributed by atoms with van der Waals surface area (Å²) in [6.07, 6.45) is 24.8. The molecule has 11 aliphatic heterocycles. The molecular formula is C97H209F2N13O2. The maximum Gasteiger partial charge on any atom is 0.250 e. The van der Waals surface area contributed by atoms with Crippen molar-refractivity contribution in [2.24, 2.45) is 47.3 Å². The smallest absolute Gasteiger partial charge is 0.250 e. The molecule has 0 aliphatic carbocycles. The van der Waals surface area contributed by atoms with E-state index in [4.69, 9.17) is 9.47 Å². The van der Waals surface area contributed by atoms with Gasteiger partial charge in [0.1, 0.15) is 0 Å². The molecule has 688 valence electrons. The van der Waals surface area contributed by atoms with Crippen molar-refractivity contribution in [1.82, 2.24) is 64.1 Å². The highest BCUT2D eigenvalue weighted by molar-refractivity contribution is 4.81. The van der Waals surface area contributed by atoms with E-state index in [2.05, 4.69) is 258 Å². The van der Waals surface area contributed by atoms with Crippen LogP contribution in [0.5, 0.6) is 0 Å². The van der Waals surface area contributed by atoms with Crippen LogP contribution in [0.1, 0.15) is 310 Å². The fourth-order valence-electron chi connectivity index (χ4n) is 16.7. The van der Waals surface area contributed by atoms with Crippen LogP contribution in [0.25, 0.3) is 0 Å². The summed E-state index contributed by atoms with van der Waals surface area (Å²) >= 11 is 0. The number of alkyl halides is 2. The minimum atomic E-state index is -2.40. The average Bonchev–Trinajstić information content (AvgIpc) is 1.22. The lowest BCUT2D eigenvalue weighted by Gasteiger charge is -2.38.